The number of nitro groups is 1. The Balaban J connectivity index is 1.53. The maximum Gasteiger partial charge on any atom is 0.345 e. The van der Waals surface area contributed by atoms with Gasteiger partial charge in [0.2, 0.25) is 5.13 Å². The minimum Gasteiger partial charge on any atom is -0.493 e. The number of para-hydroxylation sites is 1. The molecule has 4 aromatic rings. The van der Waals surface area contributed by atoms with Gasteiger partial charge in [0.1, 0.15) is 0 Å². The predicted molar refractivity (Wildman–Crippen MR) is 114 cm³/mol. The lowest BCUT2D eigenvalue weighted by Crippen LogP contribution is -2.03. The van der Waals surface area contributed by atoms with Crippen molar-refractivity contribution in [2.75, 3.05) is 12.5 Å². The Labute approximate surface area is 173 Å². The Morgan fingerprint density at radius 2 is 2.07 bits per heavy atom. The Morgan fingerprint density at radius 3 is 2.80 bits per heavy atom. The highest BCUT2D eigenvalue weighted by Crippen LogP contribution is 2.29. The normalized spacial score (nSPS) is 11.1. The summed E-state index contributed by atoms with van der Waals surface area (Å²) >= 11 is 1.28. The Bertz CT molecular complexity index is 1310. The maximum absolute atomic E-state index is 12.4. The quantitative estimate of drug-likeness (QED) is 0.213. The molecule has 0 atom stereocenters. The standard InChI is InChI=1S/C20H14N4O5S/c1-28-17-4-2-3-13-9-15(19(25)29-18(13)17)16-11-30-20(22-16)23-21-10-12-5-7-14(8-6-12)24(26)27/h2-11H,1H3,(H,22,23). The van der Waals surface area contributed by atoms with Crippen molar-refractivity contribution < 1.29 is 14.1 Å². The molecular formula is C20H14N4O5S. The zero-order chi connectivity index (χ0) is 21.1. The zero-order valence-corrected chi connectivity index (χ0v) is 16.4. The van der Waals surface area contributed by atoms with Gasteiger partial charge in [0.15, 0.2) is 11.3 Å². The minimum atomic E-state index is -0.516. The third-order valence-electron chi connectivity index (χ3n) is 4.20. The van der Waals surface area contributed by atoms with Crippen molar-refractivity contribution in [3.05, 3.63) is 80.0 Å². The first-order valence-corrected chi connectivity index (χ1v) is 9.53. The van der Waals surface area contributed by atoms with E-state index in [1.165, 1.54) is 36.8 Å². The van der Waals surface area contributed by atoms with Crippen LogP contribution < -0.4 is 15.8 Å². The molecule has 0 unspecified atom stereocenters. The average Bonchev–Trinajstić information content (AvgIpc) is 3.22. The average molecular weight is 422 g/mol. The fourth-order valence-electron chi connectivity index (χ4n) is 2.75. The first kappa shape index (κ1) is 19.3. The molecule has 2 aromatic heterocycles. The van der Waals surface area contributed by atoms with E-state index in [1.54, 1.807) is 29.6 Å². The second-order valence-corrected chi connectivity index (χ2v) is 6.94. The molecule has 10 heteroatoms. The second-order valence-electron chi connectivity index (χ2n) is 6.08. The largest absolute Gasteiger partial charge is 0.493 e. The molecular weight excluding hydrogens is 408 g/mol. The number of hydrazone groups is 1. The van der Waals surface area contributed by atoms with Crippen LogP contribution in [-0.2, 0) is 0 Å². The van der Waals surface area contributed by atoms with Crippen LogP contribution in [0.25, 0.3) is 22.2 Å². The van der Waals surface area contributed by atoms with E-state index in [2.05, 4.69) is 15.5 Å². The number of nitrogens with one attached hydrogen (secondary N) is 1. The molecule has 0 bridgehead atoms. The number of rotatable bonds is 6. The van der Waals surface area contributed by atoms with E-state index < -0.39 is 10.5 Å². The van der Waals surface area contributed by atoms with Gasteiger partial charge in [-0.1, -0.05) is 12.1 Å². The molecule has 30 heavy (non-hydrogen) atoms. The summed E-state index contributed by atoms with van der Waals surface area (Å²) < 4.78 is 10.7. The fraction of sp³-hybridized carbons (Fsp3) is 0.0500. The van der Waals surface area contributed by atoms with Crippen molar-refractivity contribution in [1.29, 1.82) is 0 Å². The van der Waals surface area contributed by atoms with E-state index in [0.29, 0.717) is 33.3 Å². The van der Waals surface area contributed by atoms with E-state index in [-0.39, 0.29) is 5.69 Å². The highest BCUT2D eigenvalue weighted by atomic mass is 32.1. The number of benzene rings is 2. The number of anilines is 1. The molecule has 2 heterocycles. The van der Waals surface area contributed by atoms with Crippen LogP contribution in [-0.4, -0.2) is 23.2 Å². The van der Waals surface area contributed by atoms with E-state index in [4.69, 9.17) is 9.15 Å². The molecule has 0 aliphatic rings. The molecule has 0 fully saturated rings. The summed E-state index contributed by atoms with van der Waals surface area (Å²) in [6, 6.07) is 13.0. The van der Waals surface area contributed by atoms with E-state index in [9.17, 15) is 14.9 Å². The van der Waals surface area contributed by atoms with Crippen LogP contribution in [0.1, 0.15) is 5.56 Å². The molecule has 1 N–H and O–H groups in total. The van der Waals surface area contributed by atoms with Gasteiger partial charge >= 0.3 is 5.63 Å². The molecule has 0 amide bonds. The Morgan fingerprint density at radius 1 is 1.27 bits per heavy atom. The van der Waals surface area contributed by atoms with Gasteiger partial charge in [0.05, 0.1) is 29.5 Å². The highest BCUT2D eigenvalue weighted by Gasteiger charge is 2.13. The Kier molecular flexibility index (Phi) is 5.22. The maximum atomic E-state index is 12.4. The number of hydrogen-bond donors (Lipinski definition) is 1. The third kappa shape index (κ3) is 3.89. The van der Waals surface area contributed by atoms with Crippen LogP contribution >= 0.6 is 11.3 Å². The van der Waals surface area contributed by atoms with Crippen molar-refractivity contribution in [2.45, 2.75) is 0 Å². The van der Waals surface area contributed by atoms with Gasteiger partial charge in [-0.25, -0.2) is 9.78 Å². The van der Waals surface area contributed by atoms with Crippen LogP contribution in [0.15, 0.2) is 68.2 Å². The molecule has 2 aromatic carbocycles. The van der Waals surface area contributed by atoms with Crippen LogP contribution in [0.3, 0.4) is 0 Å². The summed E-state index contributed by atoms with van der Waals surface area (Å²) in [4.78, 5) is 27.0. The monoisotopic (exact) mass is 422 g/mol. The van der Waals surface area contributed by atoms with Crippen molar-refractivity contribution in [3.63, 3.8) is 0 Å². The number of hydrogen-bond acceptors (Lipinski definition) is 9. The molecule has 150 valence electrons. The molecule has 0 aliphatic carbocycles. The molecule has 0 saturated carbocycles. The van der Waals surface area contributed by atoms with Crippen molar-refractivity contribution in [2.24, 2.45) is 5.10 Å². The van der Waals surface area contributed by atoms with Gasteiger partial charge in [0, 0.05) is 22.9 Å². The molecule has 0 spiro atoms. The van der Waals surface area contributed by atoms with Crippen LogP contribution in [0.4, 0.5) is 10.8 Å². The molecule has 0 radical (unpaired) electrons. The van der Waals surface area contributed by atoms with Crippen LogP contribution in [0, 0.1) is 10.1 Å². The van der Waals surface area contributed by atoms with Gasteiger partial charge in [-0.15, -0.1) is 11.3 Å². The van der Waals surface area contributed by atoms with Crippen molar-refractivity contribution in [3.8, 4) is 17.0 Å². The number of ether oxygens (including phenoxy) is 1. The van der Waals surface area contributed by atoms with Gasteiger partial charge in [-0.3, -0.25) is 15.5 Å². The number of thiazole rings is 1. The first-order valence-electron chi connectivity index (χ1n) is 8.65. The number of nitro benzene ring substituents is 1. The number of fused-ring (bicyclic) bond motifs is 1. The van der Waals surface area contributed by atoms with Crippen LogP contribution in [0.2, 0.25) is 0 Å². The number of aromatic nitrogens is 1. The number of non-ortho nitro benzene ring substituents is 1. The smallest absolute Gasteiger partial charge is 0.345 e. The molecule has 9 nitrogen and oxygen atoms in total. The Hall–Kier alpha value is -4.05. The molecule has 4 rings (SSSR count). The fourth-order valence-corrected chi connectivity index (χ4v) is 3.41. The number of nitrogens with zero attached hydrogens (tertiary/aromatic N) is 3. The second kappa shape index (κ2) is 8.13. The first-order chi connectivity index (χ1) is 14.5. The molecule has 0 saturated heterocycles. The summed E-state index contributed by atoms with van der Waals surface area (Å²) in [5.41, 5.74) is 4.15. The van der Waals surface area contributed by atoms with Crippen molar-refractivity contribution in [1.82, 2.24) is 4.98 Å². The van der Waals surface area contributed by atoms with Gasteiger partial charge < -0.3 is 9.15 Å². The zero-order valence-electron chi connectivity index (χ0n) is 15.6. The summed E-state index contributed by atoms with van der Waals surface area (Å²) in [5.74, 6) is 0.484. The van der Waals surface area contributed by atoms with Gasteiger partial charge in [0.25, 0.3) is 5.69 Å². The van der Waals surface area contributed by atoms with Gasteiger partial charge in [-0.2, -0.15) is 5.10 Å². The topological polar surface area (TPSA) is 120 Å². The minimum absolute atomic E-state index is 0.0107. The highest BCUT2D eigenvalue weighted by molar-refractivity contribution is 7.14. The number of methoxy groups -OCH3 is 1. The summed E-state index contributed by atoms with van der Waals surface area (Å²) in [7, 11) is 1.51. The van der Waals surface area contributed by atoms with Gasteiger partial charge in [-0.05, 0) is 29.8 Å². The SMILES string of the molecule is COc1cccc2cc(-c3csc(NN=Cc4ccc([N+](=O)[O-])cc4)n3)c(=O)oc12. The lowest BCUT2D eigenvalue weighted by atomic mass is 10.1. The summed E-state index contributed by atoms with van der Waals surface area (Å²) in [6.07, 6.45) is 1.52. The van der Waals surface area contributed by atoms with E-state index >= 15 is 0 Å². The summed E-state index contributed by atoms with van der Waals surface area (Å²) in [5, 5.41) is 17.7. The lowest BCUT2D eigenvalue weighted by Gasteiger charge is -2.04. The van der Waals surface area contributed by atoms with E-state index in [0.717, 1.165) is 5.39 Å². The van der Waals surface area contributed by atoms with E-state index in [1.807, 2.05) is 12.1 Å². The summed E-state index contributed by atoms with van der Waals surface area (Å²) in [6.45, 7) is 0. The van der Waals surface area contributed by atoms with Crippen LogP contribution in [0.5, 0.6) is 5.75 Å². The predicted octanol–water partition coefficient (Wildman–Crippen LogP) is 4.28. The third-order valence-corrected chi connectivity index (χ3v) is 4.95. The molecule has 0 aliphatic heterocycles. The lowest BCUT2D eigenvalue weighted by molar-refractivity contribution is -0.384. The van der Waals surface area contributed by atoms with Crippen molar-refractivity contribution >= 4 is 39.3 Å².